The van der Waals surface area contributed by atoms with Crippen LogP contribution in [0.25, 0.3) is 0 Å². The van der Waals surface area contributed by atoms with E-state index < -0.39 is 0 Å². The molecule has 0 rings (SSSR count). The van der Waals surface area contributed by atoms with Gasteiger partial charge < -0.3 is 0 Å². The predicted octanol–water partition coefficient (Wildman–Crippen LogP) is 1.78. The summed E-state index contributed by atoms with van der Waals surface area (Å²) in [5, 5.41) is 0. The van der Waals surface area contributed by atoms with Crippen LogP contribution in [0.4, 0.5) is 0 Å². The molecule has 0 aromatic carbocycles. The standard InChI is InChI=1S/C6H9N/c1-6(2)4-5-7-3/h4-5H,1,3H2,2H3. The Morgan fingerprint density at radius 3 is 2.43 bits per heavy atom. The third kappa shape index (κ3) is 5.15. The zero-order chi connectivity index (χ0) is 5.70. The van der Waals surface area contributed by atoms with Crippen molar-refractivity contribution >= 4 is 6.72 Å². The Hall–Kier alpha value is -0.850. The third-order valence-electron chi connectivity index (χ3n) is 0.464. The summed E-state index contributed by atoms with van der Waals surface area (Å²) in [5.41, 5.74) is 0.993. The van der Waals surface area contributed by atoms with E-state index in [-0.39, 0.29) is 0 Å². The van der Waals surface area contributed by atoms with E-state index in [0.717, 1.165) is 5.57 Å². The summed E-state index contributed by atoms with van der Waals surface area (Å²) < 4.78 is 0. The highest BCUT2D eigenvalue weighted by Crippen LogP contribution is 1.86. The van der Waals surface area contributed by atoms with Gasteiger partial charge in [0.25, 0.3) is 0 Å². The fourth-order valence-corrected chi connectivity index (χ4v) is 0.180. The fourth-order valence-electron chi connectivity index (χ4n) is 0.180. The zero-order valence-corrected chi connectivity index (χ0v) is 4.52. The van der Waals surface area contributed by atoms with Crippen LogP contribution in [0.1, 0.15) is 6.92 Å². The van der Waals surface area contributed by atoms with E-state index in [9.17, 15) is 0 Å². The molecule has 0 fully saturated rings. The summed E-state index contributed by atoms with van der Waals surface area (Å²) in [6.07, 6.45) is 3.41. The Morgan fingerprint density at radius 2 is 2.29 bits per heavy atom. The molecule has 0 bridgehead atoms. The molecule has 0 N–H and O–H groups in total. The molecule has 0 aliphatic carbocycles. The second-order valence-corrected chi connectivity index (χ2v) is 1.34. The van der Waals surface area contributed by atoms with E-state index >= 15 is 0 Å². The number of allylic oxidation sites excluding steroid dienone is 2. The van der Waals surface area contributed by atoms with E-state index in [1.54, 1.807) is 12.3 Å². The summed E-state index contributed by atoms with van der Waals surface area (Å²) in [4.78, 5) is 3.48. The van der Waals surface area contributed by atoms with Gasteiger partial charge in [-0.1, -0.05) is 12.2 Å². The van der Waals surface area contributed by atoms with E-state index in [2.05, 4.69) is 18.3 Å². The smallest absolute Gasteiger partial charge is 0.0262 e. The minimum atomic E-state index is 0.993. The van der Waals surface area contributed by atoms with Crippen molar-refractivity contribution in [3.05, 3.63) is 24.4 Å². The Morgan fingerprint density at radius 1 is 1.71 bits per heavy atom. The SMILES string of the molecule is C=NC=CC(=C)C. The van der Waals surface area contributed by atoms with Gasteiger partial charge in [0, 0.05) is 6.20 Å². The Bertz CT molecular complexity index is 101. The summed E-state index contributed by atoms with van der Waals surface area (Å²) in [7, 11) is 0. The first-order valence-electron chi connectivity index (χ1n) is 2.05. The molecule has 0 aromatic rings. The molecule has 0 unspecified atom stereocenters. The molecule has 0 aliphatic rings. The second-order valence-electron chi connectivity index (χ2n) is 1.34. The summed E-state index contributed by atoms with van der Waals surface area (Å²) in [6.45, 7) is 8.78. The van der Waals surface area contributed by atoms with Gasteiger partial charge in [0.1, 0.15) is 0 Å². The highest BCUT2D eigenvalue weighted by Gasteiger charge is 1.66. The van der Waals surface area contributed by atoms with Crippen molar-refractivity contribution in [3.63, 3.8) is 0 Å². The zero-order valence-electron chi connectivity index (χ0n) is 4.52. The van der Waals surface area contributed by atoms with Crippen LogP contribution in [0.3, 0.4) is 0 Å². The number of aliphatic imine (C=N–C) groups is 1. The van der Waals surface area contributed by atoms with Gasteiger partial charge in [-0.15, -0.1) is 0 Å². The normalized spacial score (nSPS) is 9.29. The lowest BCUT2D eigenvalue weighted by atomic mass is 10.3. The molecular formula is C6H9N. The average molecular weight is 95.1 g/mol. The fraction of sp³-hybridized carbons (Fsp3) is 0.167. The first-order chi connectivity index (χ1) is 3.27. The Balaban J connectivity index is 3.46. The third-order valence-corrected chi connectivity index (χ3v) is 0.464. The van der Waals surface area contributed by atoms with Crippen molar-refractivity contribution in [1.29, 1.82) is 0 Å². The molecule has 0 aliphatic heterocycles. The Kier molecular flexibility index (Phi) is 2.94. The molecule has 0 amide bonds. The quantitative estimate of drug-likeness (QED) is 0.366. The molecule has 0 spiro atoms. The van der Waals surface area contributed by atoms with Crippen molar-refractivity contribution in [1.82, 2.24) is 0 Å². The number of hydrogen-bond donors (Lipinski definition) is 0. The highest BCUT2D eigenvalue weighted by molar-refractivity contribution is 5.26. The molecule has 7 heavy (non-hydrogen) atoms. The van der Waals surface area contributed by atoms with E-state index in [1.807, 2.05) is 6.92 Å². The van der Waals surface area contributed by atoms with Crippen LogP contribution in [0.2, 0.25) is 0 Å². The lowest BCUT2D eigenvalue weighted by Crippen LogP contribution is -1.56. The Labute approximate surface area is 44.1 Å². The molecule has 0 atom stereocenters. The first-order valence-corrected chi connectivity index (χ1v) is 2.05. The van der Waals surface area contributed by atoms with Crippen molar-refractivity contribution < 1.29 is 0 Å². The van der Waals surface area contributed by atoms with Crippen molar-refractivity contribution in [2.75, 3.05) is 0 Å². The van der Waals surface area contributed by atoms with Crippen LogP contribution in [0.15, 0.2) is 29.4 Å². The van der Waals surface area contributed by atoms with Gasteiger partial charge in [0.15, 0.2) is 0 Å². The molecule has 0 heterocycles. The minimum absolute atomic E-state index is 0.993. The van der Waals surface area contributed by atoms with Crippen LogP contribution < -0.4 is 0 Å². The lowest BCUT2D eigenvalue weighted by Gasteiger charge is -1.76. The average Bonchev–Trinajstić information content (AvgIpc) is 1.61. The van der Waals surface area contributed by atoms with Crippen LogP contribution in [-0.4, -0.2) is 6.72 Å². The number of hydrogen-bond acceptors (Lipinski definition) is 1. The molecule has 1 nitrogen and oxygen atoms in total. The van der Waals surface area contributed by atoms with Crippen LogP contribution in [0.5, 0.6) is 0 Å². The molecular weight excluding hydrogens is 86.1 g/mol. The topological polar surface area (TPSA) is 12.4 Å². The molecule has 0 saturated heterocycles. The maximum atomic E-state index is 3.62. The van der Waals surface area contributed by atoms with Crippen molar-refractivity contribution in [2.24, 2.45) is 4.99 Å². The largest absolute Gasteiger partial charge is 0.273 e. The molecule has 0 radical (unpaired) electrons. The molecule has 1 heteroatoms. The highest BCUT2D eigenvalue weighted by atomic mass is 14.6. The van der Waals surface area contributed by atoms with Gasteiger partial charge in [-0.3, -0.25) is 4.99 Å². The van der Waals surface area contributed by atoms with E-state index in [0.29, 0.717) is 0 Å². The van der Waals surface area contributed by atoms with Gasteiger partial charge in [-0.05, 0) is 19.7 Å². The predicted molar refractivity (Wildman–Crippen MR) is 33.5 cm³/mol. The van der Waals surface area contributed by atoms with Gasteiger partial charge >= 0.3 is 0 Å². The summed E-state index contributed by atoms with van der Waals surface area (Å²) in [5.74, 6) is 0. The van der Waals surface area contributed by atoms with Crippen LogP contribution in [-0.2, 0) is 0 Å². The van der Waals surface area contributed by atoms with Crippen LogP contribution in [0, 0.1) is 0 Å². The van der Waals surface area contributed by atoms with E-state index in [4.69, 9.17) is 0 Å². The maximum absolute atomic E-state index is 3.62. The monoisotopic (exact) mass is 95.1 g/mol. The number of nitrogens with zero attached hydrogens (tertiary/aromatic N) is 1. The summed E-state index contributed by atoms with van der Waals surface area (Å²) in [6, 6.07) is 0. The number of rotatable bonds is 2. The molecule has 0 saturated carbocycles. The van der Waals surface area contributed by atoms with Gasteiger partial charge in [0.05, 0.1) is 0 Å². The molecule has 38 valence electrons. The van der Waals surface area contributed by atoms with Crippen molar-refractivity contribution in [2.45, 2.75) is 6.92 Å². The van der Waals surface area contributed by atoms with Gasteiger partial charge in [-0.25, -0.2) is 0 Å². The van der Waals surface area contributed by atoms with Crippen LogP contribution >= 0.6 is 0 Å². The van der Waals surface area contributed by atoms with E-state index in [1.165, 1.54) is 0 Å². The summed E-state index contributed by atoms with van der Waals surface area (Å²) >= 11 is 0. The molecule has 0 aromatic heterocycles. The first kappa shape index (κ1) is 6.15. The lowest BCUT2D eigenvalue weighted by molar-refractivity contribution is 1.51. The van der Waals surface area contributed by atoms with Gasteiger partial charge in [0.2, 0.25) is 0 Å². The minimum Gasteiger partial charge on any atom is -0.273 e. The maximum Gasteiger partial charge on any atom is 0.0262 e. The van der Waals surface area contributed by atoms with Crippen molar-refractivity contribution in [3.8, 4) is 0 Å². The van der Waals surface area contributed by atoms with Gasteiger partial charge in [-0.2, -0.15) is 0 Å². The second kappa shape index (κ2) is 3.34.